The molecular formula is C13H20N2OS. The summed E-state index contributed by atoms with van der Waals surface area (Å²) in [5, 5.41) is 2.93. The van der Waals surface area contributed by atoms with E-state index in [1.165, 1.54) is 12.8 Å². The number of hydrogen-bond donors (Lipinski definition) is 1. The number of nitrogens with two attached hydrogens (primary N) is 1. The van der Waals surface area contributed by atoms with Crippen LogP contribution in [0.4, 0.5) is 0 Å². The van der Waals surface area contributed by atoms with Crippen molar-refractivity contribution in [2.45, 2.75) is 51.5 Å². The van der Waals surface area contributed by atoms with Crippen LogP contribution in [0.5, 0.6) is 0 Å². The van der Waals surface area contributed by atoms with Gasteiger partial charge in [-0.2, -0.15) is 0 Å². The number of hydrogen-bond acceptors (Lipinski definition) is 4. The molecule has 0 spiro atoms. The van der Waals surface area contributed by atoms with Crippen molar-refractivity contribution in [3.8, 4) is 0 Å². The van der Waals surface area contributed by atoms with E-state index in [9.17, 15) is 4.79 Å². The third-order valence-electron chi connectivity index (χ3n) is 3.48. The molecule has 2 unspecified atom stereocenters. The fourth-order valence-corrected chi connectivity index (χ4v) is 3.28. The number of nitrogens with zero attached hydrogens (tertiary/aromatic N) is 1. The Morgan fingerprint density at radius 1 is 1.47 bits per heavy atom. The maximum absolute atomic E-state index is 12.2. The van der Waals surface area contributed by atoms with E-state index in [-0.39, 0.29) is 17.7 Å². The van der Waals surface area contributed by atoms with Crippen molar-refractivity contribution in [3.63, 3.8) is 0 Å². The molecule has 1 aliphatic carbocycles. The molecule has 3 nitrogen and oxygen atoms in total. The van der Waals surface area contributed by atoms with E-state index < -0.39 is 0 Å². The molecule has 0 aromatic carbocycles. The van der Waals surface area contributed by atoms with E-state index in [1.54, 1.807) is 11.3 Å². The standard InChI is InChI=1S/C13H20N2OS/c1-9-8-17-13(15-9)7-12(16)10-5-3-2-4-6-11(10)14/h8,10-11H,2-7,14H2,1H3. The predicted octanol–water partition coefficient (Wildman–Crippen LogP) is 2.47. The number of ketones is 1. The predicted molar refractivity (Wildman–Crippen MR) is 70.1 cm³/mol. The van der Waals surface area contributed by atoms with E-state index in [0.717, 1.165) is 30.0 Å². The number of Topliss-reactive ketones (excluding diaryl/α,β-unsaturated/α-hetero) is 1. The molecule has 0 bridgehead atoms. The van der Waals surface area contributed by atoms with Gasteiger partial charge in [0, 0.05) is 23.0 Å². The number of carbonyl (C=O) groups is 1. The molecule has 2 atom stereocenters. The van der Waals surface area contributed by atoms with Gasteiger partial charge in [0.2, 0.25) is 0 Å². The third kappa shape index (κ3) is 3.36. The van der Waals surface area contributed by atoms with E-state index in [1.807, 2.05) is 12.3 Å². The fraction of sp³-hybridized carbons (Fsp3) is 0.692. The Balaban J connectivity index is 1.98. The molecule has 1 heterocycles. The van der Waals surface area contributed by atoms with Crippen LogP contribution in [0.15, 0.2) is 5.38 Å². The Bertz CT molecular complexity index is 389. The van der Waals surface area contributed by atoms with Crippen molar-refractivity contribution in [2.75, 3.05) is 0 Å². The number of carbonyl (C=O) groups excluding carboxylic acids is 1. The van der Waals surface area contributed by atoms with Crippen LogP contribution < -0.4 is 5.73 Å². The van der Waals surface area contributed by atoms with Gasteiger partial charge in [0.25, 0.3) is 0 Å². The van der Waals surface area contributed by atoms with E-state index in [2.05, 4.69) is 4.98 Å². The second kappa shape index (κ2) is 5.74. The molecule has 94 valence electrons. The lowest BCUT2D eigenvalue weighted by Crippen LogP contribution is -2.35. The number of aromatic nitrogens is 1. The van der Waals surface area contributed by atoms with Gasteiger partial charge < -0.3 is 5.73 Å². The highest BCUT2D eigenvalue weighted by molar-refractivity contribution is 7.09. The molecule has 1 saturated carbocycles. The Hall–Kier alpha value is -0.740. The van der Waals surface area contributed by atoms with Gasteiger partial charge in [-0.1, -0.05) is 19.3 Å². The molecular weight excluding hydrogens is 232 g/mol. The van der Waals surface area contributed by atoms with Gasteiger partial charge in [-0.25, -0.2) is 4.98 Å². The summed E-state index contributed by atoms with van der Waals surface area (Å²) in [7, 11) is 0. The van der Waals surface area contributed by atoms with Crippen molar-refractivity contribution in [1.82, 2.24) is 4.98 Å². The van der Waals surface area contributed by atoms with Crippen LogP contribution in [0.2, 0.25) is 0 Å². The van der Waals surface area contributed by atoms with Crippen LogP contribution in [0.25, 0.3) is 0 Å². The summed E-state index contributed by atoms with van der Waals surface area (Å²) in [6, 6.07) is 0.0612. The Kier molecular flexibility index (Phi) is 4.29. The van der Waals surface area contributed by atoms with E-state index >= 15 is 0 Å². The summed E-state index contributed by atoms with van der Waals surface area (Å²) in [4.78, 5) is 16.6. The first kappa shape index (κ1) is 12.7. The lowest BCUT2D eigenvalue weighted by molar-refractivity contribution is -0.123. The number of rotatable bonds is 3. The minimum atomic E-state index is 0.0571. The highest BCUT2D eigenvalue weighted by atomic mass is 32.1. The zero-order valence-corrected chi connectivity index (χ0v) is 11.1. The molecule has 0 aliphatic heterocycles. The fourth-order valence-electron chi connectivity index (χ4n) is 2.50. The Morgan fingerprint density at radius 2 is 2.24 bits per heavy atom. The maximum Gasteiger partial charge on any atom is 0.144 e. The molecule has 0 amide bonds. The summed E-state index contributed by atoms with van der Waals surface area (Å²) < 4.78 is 0. The van der Waals surface area contributed by atoms with Crippen molar-refractivity contribution in [1.29, 1.82) is 0 Å². The van der Waals surface area contributed by atoms with Gasteiger partial charge in [-0.15, -0.1) is 11.3 Å². The first-order chi connectivity index (χ1) is 8.16. The normalized spacial score (nSPS) is 25.5. The van der Waals surface area contributed by atoms with Gasteiger partial charge in [0.1, 0.15) is 10.8 Å². The van der Waals surface area contributed by atoms with Crippen LogP contribution in [0.3, 0.4) is 0 Å². The quantitative estimate of drug-likeness (QED) is 0.841. The van der Waals surface area contributed by atoms with Crippen molar-refractivity contribution in [2.24, 2.45) is 11.7 Å². The van der Waals surface area contributed by atoms with Crippen LogP contribution in [0, 0.1) is 12.8 Å². The van der Waals surface area contributed by atoms with Crippen molar-refractivity contribution >= 4 is 17.1 Å². The molecule has 17 heavy (non-hydrogen) atoms. The highest BCUT2D eigenvalue weighted by Gasteiger charge is 2.27. The third-order valence-corrected chi connectivity index (χ3v) is 4.44. The summed E-state index contributed by atoms with van der Waals surface area (Å²) >= 11 is 1.58. The monoisotopic (exact) mass is 252 g/mol. The minimum Gasteiger partial charge on any atom is -0.327 e. The summed E-state index contributed by atoms with van der Waals surface area (Å²) in [5.41, 5.74) is 7.10. The molecule has 2 rings (SSSR count). The number of thiazole rings is 1. The van der Waals surface area contributed by atoms with Gasteiger partial charge in [-0.3, -0.25) is 4.79 Å². The van der Waals surface area contributed by atoms with Crippen LogP contribution in [-0.4, -0.2) is 16.8 Å². The maximum atomic E-state index is 12.2. The highest BCUT2D eigenvalue weighted by Crippen LogP contribution is 2.24. The zero-order chi connectivity index (χ0) is 12.3. The lowest BCUT2D eigenvalue weighted by Gasteiger charge is -2.19. The summed E-state index contributed by atoms with van der Waals surface area (Å²) in [5.74, 6) is 0.343. The van der Waals surface area contributed by atoms with Gasteiger partial charge in [-0.05, 0) is 19.8 Å². The zero-order valence-electron chi connectivity index (χ0n) is 10.3. The molecule has 1 aromatic rings. The Labute approximate surface area is 106 Å². The molecule has 0 radical (unpaired) electrons. The molecule has 1 aromatic heterocycles. The summed E-state index contributed by atoms with van der Waals surface area (Å²) in [6.07, 6.45) is 5.95. The van der Waals surface area contributed by atoms with Crippen LogP contribution in [0.1, 0.15) is 42.8 Å². The average molecular weight is 252 g/mol. The van der Waals surface area contributed by atoms with Crippen LogP contribution >= 0.6 is 11.3 Å². The average Bonchev–Trinajstić information content (AvgIpc) is 2.57. The smallest absolute Gasteiger partial charge is 0.144 e. The number of aryl methyl sites for hydroxylation is 1. The molecule has 4 heteroatoms. The molecule has 1 fully saturated rings. The van der Waals surface area contributed by atoms with Crippen molar-refractivity contribution < 1.29 is 4.79 Å². The Morgan fingerprint density at radius 3 is 2.94 bits per heavy atom. The van der Waals surface area contributed by atoms with Gasteiger partial charge >= 0.3 is 0 Å². The van der Waals surface area contributed by atoms with Crippen molar-refractivity contribution in [3.05, 3.63) is 16.1 Å². The first-order valence-corrected chi connectivity index (χ1v) is 7.24. The second-order valence-electron chi connectivity index (χ2n) is 4.93. The van der Waals surface area contributed by atoms with E-state index in [4.69, 9.17) is 5.73 Å². The largest absolute Gasteiger partial charge is 0.327 e. The topological polar surface area (TPSA) is 56.0 Å². The summed E-state index contributed by atoms with van der Waals surface area (Å²) in [6.45, 7) is 1.96. The molecule has 2 N–H and O–H groups in total. The van der Waals surface area contributed by atoms with Gasteiger partial charge in [0.15, 0.2) is 0 Å². The van der Waals surface area contributed by atoms with Crippen LogP contribution in [-0.2, 0) is 11.2 Å². The SMILES string of the molecule is Cc1csc(CC(=O)C2CCCCCC2N)n1. The second-order valence-corrected chi connectivity index (χ2v) is 5.88. The van der Waals surface area contributed by atoms with E-state index in [0.29, 0.717) is 6.42 Å². The first-order valence-electron chi connectivity index (χ1n) is 6.36. The lowest BCUT2D eigenvalue weighted by atomic mass is 9.90. The minimum absolute atomic E-state index is 0.0571. The molecule has 0 saturated heterocycles. The molecule has 1 aliphatic rings. The van der Waals surface area contributed by atoms with Gasteiger partial charge in [0.05, 0.1) is 6.42 Å².